The number of anilines is 1. The zero-order valence-electron chi connectivity index (χ0n) is 16.5. The van der Waals surface area contributed by atoms with Crippen LogP contribution in [-0.2, 0) is 0 Å². The topological polar surface area (TPSA) is 101 Å². The Hall–Kier alpha value is -3.92. The van der Waals surface area contributed by atoms with Gasteiger partial charge in [0.2, 0.25) is 0 Å². The molecule has 3 aromatic heterocycles. The second-order valence-corrected chi connectivity index (χ2v) is 7.41. The average molecular weight is 454 g/mol. The number of nitrogens with one attached hydrogen (secondary N) is 2. The van der Waals surface area contributed by atoms with Gasteiger partial charge in [-0.1, -0.05) is 17.7 Å². The highest BCUT2D eigenvalue weighted by atomic mass is 35.5. The van der Waals surface area contributed by atoms with Gasteiger partial charge in [-0.25, -0.2) is 28.7 Å². The van der Waals surface area contributed by atoms with Gasteiger partial charge in [-0.15, -0.1) is 0 Å². The highest BCUT2D eigenvalue weighted by Crippen LogP contribution is 2.27. The fourth-order valence-electron chi connectivity index (χ4n) is 3.52. The Kier molecular flexibility index (Phi) is 4.78. The van der Waals surface area contributed by atoms with Gasteiger partial charge >= 0.3 is 0 Å². The smallest absolute Gasteiger partial charge is 0.267 e. The maximum absolute atomic E-state index is 14.1. The summed E-state index contributed by atoms with van der Waals surface area (Å²) >= 11 is 6.09. The highest BCUT2D eigenvalue weighted by molar-refractivity contribution is 6.35. The Morgan fingerprint density at radius 2 is 2.00 bits per heavy atom. The van der Waals surface area contributed by atoms with Crippen LogP contribution in [0.15, 0.2) is 53.8 Å². The van der Waals surface area contributed by atoms with E-state index in [2.05, 4.69) is 30.2 Å². The molecule has 0 fully saturated rings. The summed E-state index contributed by atoms with van der Waals surface area (Å²) in [5.41, 5.74) is 0.850. The van der Waals surface area contributed by atoms with E-state index >= 15 is 0 Å². The highest BCUT2D eigenvalue weighted by Gasteiger charge is 2.22. The quantitative estimate of drug-likeness (QED) is 0.424. The molecule has 0 radical (unpaired) electrons. The molecule has 0 amide bonds. The Morgan fingerprint density at radius 3 is 2.81 bits per heavy atom. The molecule has 0 bridgehead atoms. The molecule has 8 nitrogen and oxygen atoms in total. The minimum Gasteiger partial charge on any atom is -0.358 e. The molecular formula is C21H14ClF2N7O. The SMILES string of the molecule is C[C@@H](Nc1ncnc2[nH]cnc12)c1nc2ccc(F)c(Cl)c2c(=O)n1-c1cccc(F)c1. The maximum atomic E-state index is 14.1. The summed E-state index contributed by atoms with van der Waals surface area (Å²) in [5.74, 6) is -0.621. The van der Waals surface area contributed by atoms with Crippen molar-refractivity contribution in [2.75, 3.05) is 5.32 Å². The Morgan fingerprint density at radius 1 is 1.16 bits per heavy atom. The van der Waals surface area contributed by atoms with Crippen molar-refractivity contribution >= 4 is 39.5 Å². The van der Waals surface area contributed by atoms with Crippen LogP contribution in [0.3, 0.4) is 0 Å². The first-order valence-corrected chi connectivity index (χ1v) is 9.89. The first-order valence-electron chi connectivity index (χ1n) is 9.51. The molecule has 0 saturated carbocycles. The molecular weight excluding hydrogens is 440 g/mol. The lowest BCUT2D eigenvalue weighted by Gasteiger charge is -2.20. The third kappa shape index (κ3) is 3.25. The summed E-state index contributed by atoms with van der Waals surface area (Å²) in [7, 11) is 0. The summed E-state index contributed by atoms with van der Waals surface area (Å²) in [4.78, 5) is 33.4. The van der Waals surface area contributed by atoms with E-state index in [1.165, 1.54) is 41.5 Å². The van der Waals surface area contributed by atoms with Crippen LogP contribution in [0.25, 0.3) is 27.8 Å². The number of hydrogen-bond acceptors (Lipinski definition) is 6. The molecule has 2 N–H and O–H groups in total. The number of nitrogens with zero attached hydrogens (tertiary/aromatic N) is 5. The van der Waals surface area contributed by atoms with E-state index in [0.717, 1.165) is 6.07 Å². The lowest BCUT2D eigenvalue weighted by Crippen LogP contribution is -2.28. The van der Waals surface area contributed by atoms with Gasteiger partial charge in [0.15, 0.2) is 11.5 Å². The van der Waals surface area contributed by atoms with Crippen molar-refractivity contribution in [2.45, 2.75) is 13.0 Å². The summed E-state index contributed by atoms with van der Waals surface area (Å²) in [6.45, 7) is 1.76. The molecule has 2 aromatic carbocycles. The zero-order chi connectivity index (χ0) is 22.4. The molecule has 0 aliphatic carbocycles. The van der Waals surface area contributed by atoms with E-state index in [1.54, 1.807) is 13.0 Å². The molecule has 0 aliphatic rings. The van der Waals surface area contributed by atoms with E-state index in [1.807, 2.05) is 0 Å². The Labute approximate surface area is 184 Å². The summed E-state index contributed by atoms with van der Waals surface area (Å²) in [6, 6.07) is 7.39. The van der Waals surface area contributed by atoms with E-state index in [4.69, 9.17) is 11.6 Å². The monoisotopic (exact) mass is 453 g/mol. The minimum atomic E-state index is -0.746. The van der Waals surface area contributed by atoms with Gasteiger partial charge in [0.05, 0.1) is 34.0 Å². The van der Waals surface area contributed by atoms with Gasteiger partial charge in [0, 0.05) is 0 Å². The third-order valence-electron chi connectivity index (χ3n) is 4.98. The van der Waals surface area contributed by atoms with Crippen molar-refractivity contribution in [3.05, 3.63) is 81.9 Å². The predicted molar refractivity (Wildman–Crippen MR) is 116 cm³/mol. The van der Waals surface area contributed by atoms with Gasteiger partial charge in [0.25, 0.3) is 5.56 Å². The predicted octanol–water partition coefficient (Wildman–Crippen LogP) is 4.16. The fraction of sp³-hybridized carbons (Fsp3) is 0.0952. The number of fused-ring (bicyclic) bond motifs is 2. The van der Waals surface area contributed by atoms with Gasteiger partial charge < -0.3 is 10.3 Å². The normalized spacial score (nSPS) is 12.4. The maximum Gasteiger partial charge on any atom is 0.267 e. The number of halogens is 3. The van der Waals surface area contributed by atoms with Crippen molar-refractivity contribution in [1.82, 2.24) is 29.5 Å². The molecule has 160 valence electrons. The summed E-state index contributed by atoms with van der Waals surface area (Å²) in [6.07, 6.45) is 2.86. The van der Waals surface area contributed by atoms with Crippen LogP contribution in [0.1, 0.15) is 18.8 Å². The number of imidazole rings is 1. The van der Waals surface area contributed by atoms with Crippen LogP contribution in [0.5, 0.6) is 0 Å². The van der Waals surface area contributed by atoms with Gasteiger partial charge in [-0.05, 0) is 37.3 Å². The first kappa shape index (κ1) is 20.0. The van der Waals surface area contributed by atoms with E-state index in [-0.39, 0.29) is 27.4 Å². The minimum absolute atomic E-state index is 0.0939. The Balaban J connectivity index is 1.74. The molecule has 5 rings (SSSR count). The van der Waals surface area contributed by atoms with Crippen molar-refractivity contribution in [3.63, 3.8) is 0 Å². The summed E-state index contributed by atoms with van der Waals surface area (Å²) in [5, 5.41) is 2.74. The van der Waals surface area contributed by atoms with Crippen LogP contribution in [0, 0.1) is 11.6 Å². The number of hydrogen-bond donors (Lipinski definition) is 2. The molecule has 11 heteroatoms. The van der Waals surface area contributed by atoms with Crippen molar-refractivity contribution in [1.29, 1.82) is 0 Å². The van der Waals surface area contributed by atoms with Crippen molar-refractivity contribution < 1.29 is 8.78 Å². The third-order valence-corrected chi connectivity index (χ3v) is 5.35. The van der Waals surface area contributed by atoms with Crippen LogP contribution in [0.4, 0.5) is 14.6 Å². The van der Waals surface area contributed by atoms with Crippen LogP contribution < -0.4 is 10.9 Å². The van der Waals surface area contributed by atoms with Crippen LogP contribution >= 0.6 is 11.6 Å². The molecule has 32 heavy (non-hydrogen) atoms. The van der Waals surface area contributed by atoms with E-state index < -0.39 is 23.2 Å². The summed E-state index contributed by atoms with van der Waals surface area (Å²) < 4.78 is 29.3. The van der Waals surface area contributed by atoms with E-state index in [0.29, 0.717) is 17.0 Å². The fourth-order valence-corrected chi connectivity index (χ4v) is 3.76. The van der Waals surface area contributed by atoms with Crippen LogP contribution in [0.2, 0.25) is 5.02 Å². The molecule has 1 atom stereocenters. The Bertz CT molecular complexity index is 1550. The van der Waals surface area contributed by atoms with Gasteiger partial charge in [0.1, 0.15) is 29.3 Å². The lowest BCUT2D eigenvalue weighted by molar-refractivity contribution is 0.624. The molecule has 0 saturated heterocycles. The van der Waals surface area contributed by atoms with Gasteiger partial charge in [-0.2, -0.15) is 0 Å². The zero-order valence-corrected chi connectivity index (χ0v) is 17.2. The number of aromatic amines is 1. The largest absolute Gasteiger partial charge is 0.358 e. The standard InChI is InChI=1S/C21H14ClF2N7O/c1-10(29-19-17-18(26-8-25-17)27-9-28-19)20-30-14-6-5-13(24)16(22)15(14)21(32)31(20)12-4-2-3-11(23)7-12/h2-10H,1H3,(H2,25,26,27,28,29)/t10-/m1/s1. The lowest BCUT2D eigenvalue weighted by atomic mass is 10.2. The number of aromatic nitrogens is 6. The number of H-pyrrole nitrogens is 1. The van der Waals surface area contributed by atoms with Crippen molar-refractivity contribution in [3.8, 4) is 5.69 Å². The average Bonchev–Trinajstić information content (AvgIpc) is 3.26. The van der Waals surface area contributed by atoms with Crippen LogP contribution in [-0.4, -0.2) is 29.5 Å². The molecule has 0 unspecified atom stereocenters. The second kappa shape index (κ2) is 7.65. The van der Waals surface area contributed by atoms with Crippen molar-refractivity contribution in [2.24, 2.45) is 0 Å². The van der Waals surface area contributed by atoms with E-state index in [9.17, 15) is 13.6 Å². The molecule has 0 spiro atoms. The number of rotatable bonds is 4. The molecule has 0 aliphatic heterocycles. The molecule has 5 aromatic rings. The van der Waals surface area contributed by atoms with Gasteiger partial charge in [-0.3, -0.25) is 9.36 Å². The second-order valence-electron chi connectivity index (χ2n) is 7.03. The first-order chi connectivity index (χ1) is 15.4. The molecule has 3 heterocycles. The number of benzene rings is 2.